The fraction of sp³-hybridized carbons (Fsp3) is 0.0526. The van der Waals surface area contributed by atoms with Gasteiger partial charge >= 0.3 is 0 Å². The Labute approximate surface area is 150 Å². The van der Waals surface area contributed by atoms with Gasteiger partial charge in [0.05, 0.1) is 6.54 Å². The van der Waals surface area contributed by atoms with Gasteiger partial charge in [0.15, 0.2) is 11.6 Å². The molecule has 0 fully saturated rings. The summed E-state index contributed by atoms with van der Waals surface area (Å²) in [5, 5.41) is 5.40. The molecule has 0 saturated carbocycles. The fourth-order valence-corrected chi connectivity index (χ4v) is 2.81. The number of halogens is 1. The largest absolute Gasteiger partial charge is 0.265 e. The summed E-state index contributed by atoms with van der Waals surface area (Å²) < 4.78 is 1.89. The van der Waals surface area contributed by atoms with Gasteiger partial charge in [-0.25, -0.2) is 9.67 Å². The smallest absolute Gasteiger partial charge is 0.181 e. The van der Waals surface area contributed by atoms with Crippen LogP contribution in [0.4, 0.5) is 0 Å². The minimum Gasteiger partial charge on any atom is -0.265 e. The van der Waals surface area contributed by atoms with Crippen molar-refractivity contribution in [3.8, 4) is 22.8 Å². The standard InChI is InChI=1S/C19H14ClN5/c20-17-3-1-2-14(12-17)13-25-19(16-6-10-22-11-7-16)23-18(24-25)15-4-8-21-9-5-15/h1-12H,13H2. The van der Waals surface area contributed by atoms with Crippen LogP contribution in [-0.2, 0) is 6.54 Å². The average Bonchev–Trinajstić information content (AvgIpc) is 3.07. The van der Waals surface area contributed by atoms with Crippen LogP contribution in [0.1, 0.15) is 5.56 Å². The lowest BCUT2D eigenvalue weighted by atomic mass is 10.2. The maximum absolute atomic E-state index is 6.11. The highest BCUT2D eigenvalue weighted by atomic mass is 35.5. The quantitative estimate of drug-likeness (QED) is 0.557. The third-order valence-electron chi connectivity index (χ3n) is 3.77. The number of nitrogens with zero attached hydrogens (tertiary/aromatic N) is 5. The molecule has 0 bridgehead atoms. The minimum absolute atomic E-state index is 0.580. The van der Waals surface area contributed by atoms with Gasteiger partial charge in [0.25, 0.3) is 0 Å². The predicted molar refractivity (Wildman–Crippen MR) is 97.0 cm³/mol. The second kappa shape index (κ2) is 6.83. The lowest BCUT2D eigenvalue weighted by Crippen LogP contribution is -2.04. The summed E-state index contributed by atoms with van der Waals surface area (Å²) in [4.78, 5) is 12.9. The molecule has 25 heavy (non-hydrogen) atoms. The van der Waals surface area contributed by atoms with Crippen molar-refractivity contribution in [3.05, 3.63) is 83.9 Å². The molecular formula is C19H14ClN5. The molecule has 0 aliphatic carbocycles. The van der Waals surface area contributed by atoms with Crippen LogP contribution >= 0.6 is 11.6 Å². The fourth-order valence-electron chi connectivity index (χ4n) is 2.60. The van der Waals surface area contributed by atoms with Crippen molar-refractivity contribution in [1.82, 2.24) is 24.7 Å². The van der Waals surface area contributed by atoms with E-state index in [9.17, 15) is 0 Å². The van der Waals surface area contributed by atoms with Crippen molar-refractivity contribution < 1.29 is 0 Å². The topological polar surface area (TPSA) is 56.5 Å². The highest BCUT2D eigenvalue weighted by Crippen LogP contribution is 2.23. The van der Waals surface area contributed by atoms with Gasteiger partial charge < -0.3 is 0 Å². The van der Waals surface area contributed by atoms with Crippen molar-refractivity contribution >= 4 is 11.6 Å². The summed E-state index contributed by atoms with van der Waals surface area (Å²) in [5.74, 6) is 1.45. The molecule has 0 amide bonds. The molecule has 122 valence electrons. The van der Waals surface area contributed by atoms with Crippen LogP contribution in [-0.4, -0.2) is 24.7 Å². The van der Waals surface area contributed by atoms with Crippen molar-refractivity contribution in [2.45, 2.75) is 6.54 Å². The highest BCUT2D eigenvalue weighted by Gasteiger charge is 2.14. The van der Waals surface area contributed by atoms with Gasteiger partial charge in [-0.1, -0.05) is 23.7 Å². The van der Waals surface area contributed by atoms with Crippen LogP contribution in [0.15, 0.2) is 73.3 Å². The summed E-state index contributed by atoms with van der Waals surface area (Å²) in [6, 6.07) is 15.4. The monoisotopic (exact) mass is 347 g/mol. The van der Waals surface area contributed by atoms with Gasteiger partial charge in [-0.15, -0.1) is 0 Å². The Hall–Kier alpha value is -3.05. The Balaban J connectivity index is 1.79. The van der Waals surface area contributed by atoms with Gasteiger partial charge in [0.1, 0.15) is 0 Å². The summed E-state index contributed by atoms with van der Waals surface area (Å²) in [6.45, 7) is 0.580. The van der Waals surface area contributed by atoms with Crippen molar-refractivity contribution in [1.29, 1.82) is 0 Å². The van der Waals surface area contributed by atoms with Crippen LogP contribution in [0.5, 0.6) is 0 Å². The van der Waals surface area contributed by atoms with Crippen molar-refractivity contribution in [2.75, 3.05) is 0 Å². The lowest BCUT2D eigenvalue weighted by molar-refractivity contribution is 0.695. The van der Waals surface area contributed by atoms with E-state index >= 15 is 0 Å². The van der Waals surface area contributed by atoms with Gasteiger partial charge in [-0.2, -0.15) is 5.10 Å². The average molecular weight is 348 g/mol. The second-order valence-corrected chi connectivity index (χ2v) is 5.95. The number of rotatable bonds is 4. The SMILES string of the molecule is Clc1cccc(Cn2nc(-c3ccncc3)nc2-c2ccncc2)c1. The summed E-state index contributed by atoms with van der Waals surface area (Å²) >= 11 is 6.11. The van der Waals surface area contributed by atoms with E-state index in [0.29, 0.717) is 17.4 Å². The van der Waals surface area contributed by atoms with Crippen molar-refractivity contribution in [2.24, 2.45) is 0 Å². The molecule has 1 aromatic carbocycles. The number of aromatic nitrogens is 5. The molecule has 0 aliphatic rings. The lowest BCUT2D eigenvalue weighted by Gasteiger charge is -2.06. The zero-order valence-corrected chi connectivity index (χ0v) is 14.0. The van der Waals surface area contributed by atoms with Gasteiger partial charge in [-0.3, -0.25) is 9.97 Å². The van der Waals surface area contributed by atoms with Crippen LogP contribution in [0.3, 0.4) is 0 Å². The number of hydrogen-bond acceptors (Lipinski definition) is 4. The molecule has 3 heterocycles. The molecule has 4 rings (SSSR count). The van der Waals surface area contributed by atoms with Crippen LogP contribution < -0.4 is 0 Å². The maximum atomic E-state index is 6.11. The van der Waals surface area contributed by atoms with E-state index in [-0.39, 0.29) is 0 Å². The van der Waals surface area contributed by atoms with Gasteiger partial charge in [-0.05, 0) is 42.0 Å². The van der Waals surface area contributed by atoms with E-state index in [4.69, 9.17) is 21.7 Å². The van der Waals surface area contributed by atoms with E-state index in [1.165, 1.54) is 0 Å². The molecule has 0 aliphatic heterocycles. The Morgan fingerprint density at radius 2 is 1.52 bits per heavy atom. The Bertz CT molecular complexity index is 983. The molecule has 3 aromatic heterocycles. The second-order valence-electron chi connectivity index (χ2n) is 5.52. The van der Waals surface area contributed by atoms with E-state index < -0.39 is 0 Å². The third-order valence-corrected chi connectivity index (χ3v) is 4.01. The number of hydrogen-bond donors (Lipinski definition) is 0. The van der Waals surface area contributed by atoms with E-state index in [2.05, 4.69) is 9.97 Å². The van der Waals surface area contributed by atoms with E-state index in [0.717, 1.165) is 22.5 Å². The number of pyridine rings is 2. The first-order valence-corrected chi connectivity index (χ1v) is 8.17. The molecule has 0 spiro atoms. The Morgan fingerprint density at radius 3 is 2.20 bits per heavy atom. The molecular weight excluding hydrogens is 334 g/mol. The van der Waals surface area contributed by atoms with Crippen molar-refractivity contribution in [3.63, 3.8) is 0 Å². The summed E-state index contributed by atoms with van der Waals surface area (Å²) in [6.07, 6.45) is 6.97. The Kier molecular flexibility index (Phi) is 4.23. The maximum Gasteiger partial charge on any atom is 0.181 e. The van der Waals surface area contributed by atoms with E-state index in [1.807, 2.05) is 53.2 Å². The van der Waals surface area contributed by atoms with Gasteiger partial charge in [0.2, 0.25) is 0 Å². The van der Waals surface area contributed by atoms with Crippen LogP contribution in [0.25, 0.3) is 22.8 Å². The molecule has 0 saturated heterocycles. The first kappa shape index (κ1) is 15.5. The summed E-state index contributed by atoms with van der Waals surface area (Å²) in [7, 11) is 0. The predicted octanol–water partition coefficient (Wildman–Crippen LogP) is 4.10. The third kappa shape index (κ3) is 3.41. The molecule has 0 radical (unpaired) electrons. The highest BCUT2D eigenvalue weighted by molar-refractivity contribution is 6.30. The van der Waals surface area contributed by atoms with Gasteiger partial charge in [0, 0.05) is 40.9 Å². The summed E-state index contributed by atoms with van der Waals surface area (Å²) in [5.41, 5.74) is 2.95. The molecule has 5 nitrogen and oxygen atoms in total. The first-order chi connectivity index (χ1) is 12.3. The molecule has 0 N–H and O–H groups in total. The normalized spacial score (nSPS) is 10.8. The van der Waals surface area contributed by atoms with Crippen LogP contribution in [0, 0.1) is 0 Å². The zero-order chi connectivity index (χ0) is 17.1. The Morgan fingerprint density at radius 1 is 0.840 bits per heavy atom. The number of benzene rings is 1. The van der Waals surface area contributed by atoms with Crippen LogP contribution in [0.2, 0.25) is 5.02 Å². The van der Waals surface area contributed by atoms with E-state index in [1.54, 1.807) is 24.8 Å². The molecule has 0 unspecified atom stereocenters. The molecule has 0 atom stereocenters. The molecule has 6 heteroatoms. The molecule has 4 aromatic rings. The minimum atomic E-state index is 0.580. The zero-order valence-electron chi connectivity index (χ0n) is 13.2. The first-order valence-electron chi connectivity index (χ1n) is 7.80.